The molecule has 3 aliphatic rings. The molecule has 8 atom stereocenters. The monoisotopic (exact) mass is 284 g/mol. The lowest BCUT2D eigenvalue weighted by Crippen LogP contribution is -2.46. The highest BCUT2D eigenvalue weighted by molar-refractivity contribution is 4.96. The Labute approximate surface area is 120 Å². The molecule has 3 saturated carbocycles. The maximum absolute atomic E-state index is 9.87. The van der Waals surface area contributed by atoms with E-state index in [1.54, 1.807) is 0 Å². The van der Waals surface area contributed by atoms with E-state index in [2.05, 4.69) is 0 Å². The summed E-state index contributed by atoms with van der Waals surface area (Å²) < 4.78 is 0. The van der Waals surface area contributed by atoms with Crippen LogP contribution < -0.4 is 0 Å². The number of rotatable bonds is 2. The Bertz CT molecular complexity index is 302. The van der Waals surface area contributed by atoms with Gasteiger partial charge in [-0.05, 0) is 74.0 Å². The van der Waals surface area contributed by atoms with Gasteiger partial charge in [0.05, 0.1) is 12.2 Å². The van der Waals surface area contributed by atoms with Crippen LogP contribution in [0.3, 0.4) is 0 Å². The first-order chi connectivity index (χ1) is 9.62. The Morgan fingerprint density at radius 1 is 0.550 bits per heavy atom. The predicted molar refractivity (Wildman–Crippen MR) is 74.8 cm³/mol. The van der Waals surface area contributed by atoms with E-state index in [0.29, 0.717) is 23.7 Å². The molecule has 3 fully saturated rings. The standard InChI is InChI=1S/C16H28O4/c17-7-13-3-9-1-11-5-15(19)16(20)6-12(11)2-10(9)4-14(13)8-18/h9-20H,1-8H2/t9-,10+,11-,12+,13-,14-,15+,16+/m0/s1. The van der Waals surface area contributed by atoms with Crippen molar-refractivity contribution < 1.29 is 20.4 Å². The Morgan fingerprint density at radius 3 is 1.25 bits per heavy atom. The molecular weight excluding hydrogens is 256 g/mol. The van der Waals surface area contributed by atoms with E-state index in [1.165, 1.54) is 0 Å². The summed E-state index contributed by atoms with van der Waals surface area (Å²) in [6.45, 7) is 0.369. The molecule has 116 valence electrons. The normalized spacial score (nSPS) is 52.2. The highest BCUT2D eigenvalue weighted by atomic mass is 16.3. The minimum Gasteiger partial charge on any atom is -0.396 e. The molecule has 0 bridgehead atoms. The molecule has 3 aliphatic carbocycles. The molecule has 4 nitrogen and oxygen atoms in total. The average molecular weight is 284 g/mol. The van der Waals surface area contributed by atoms with Gasteiger partial charge in [0.15, 0.2) is 0 Å². The van der Waals surface area contributed by atoms with Gasteiger partial charge in [0.25, 0.3) is 0 Å². The van der Waals surface area contributed by atoms with Gasteiger partial charge in [-0.2, -0.15) is 0 Å². The van der Waals surface area contributed by atoms with Crippen molar-refractivity contribution in [3.05, 3.63) is 0 Å². The van der Waals surface area contributed by atoms with E-state index in [9.17, 15) is 20.4 Å². The molecule has 0 spiro atoms. The number of aliphatic hydroxyl groups is 4. The van der Waals surface area contributed by atoms with Crippen molar-refractivity contribution in [1.29, 1.82) is 0 Å². The maximum atomic E-state index is 9.87. The summed E-state index contributed by atoms with van der Waals surface area (Å²) in [5.74, 6) is 2.85. The van der Waals surface area contributed by atoms with Crippen molar-refractivity contribution in [2.75, 3.05) is 13.2 Å². The van der Waals surface area contributed by atoms with Crippen LogP contribution in [0.1, 0.15) is 38.5 Å². The van der Waals surface area contributed by atoms with Crippen LogP contribution >= 0.6 is 0 Å². The number of fused-ring (bicyclic) bond motifs is 2. The number of hydrogen-bond acceptors (Lipinski definition) is 4. The maximum Gasteiger partial charge on any atom is 0.0802 e. The molecule has 0 amide bonds. The van der Waals surface area contributed by atoms with Crippen molar-refractivity contribution in [2.24, 2.45) is 35.5 Å². The first-order valence-corrected chi connectivity index (χ1v) is 8.20. The summed E-state index contributed by atoms with van der Waals surface area (Å²) in [5.41, 5.74) is 0. The molecule has 0 aliphatic heterocycles. The summed E-state index contributed by atoms with van der Waals surface area (Å²) in [4.78, 5) is 0. The molecule has 0 aromatic heterocycles. The summed E-state index contributed by atoms with van der Waals surface area (Å²) in [6, 6.07) is 0. The lowest BCUT2D eigenvalue weighted by atomic mass is 9.56. The van der Waals surface area contributed by atoms with Crippen LogP contribution in [0.4, 0.5) is 0 Å². The van der Waals surface area contributed by atoms with Gasteiger partial charge in [-0.25, -0.2) is 0 Å². The third kappa shape index (κ3) is 2.63. The van der Waals surface area contributed by atoms with Gasteiger partial charge >= 0.3 is 0 Å². The van der Waals surface area contributed by atoms with Crippen molar-refractivity contribution in [2.45, 2.75) is 50.7 Å². The zero-order valence-corrected chi connectivity index (χ0v) is 12.1. The van der Waals surface area contributed by atoms with Crippen LogP contribution in [0.15, 0.2) is 0 Å². The Hall–Kier alpha value is -0.160. The van der Waals surface area contributed by atoms with Crippen LogP contribution in [0, 0.1) is 35.5 Å². The summed E-state index contributed by atoms with van der Waals surface area (Å²) >= 11 is 0. The molecule has 0 aromatic rings. The summed E-state index contributed by atoms with van der Waals surface area (Å²) in [7, 11) is 0. The second-order valence-electron chi connectivity index (χ2n) is 7.47. The Morgan fingerprint density at radius 2 is 0.900 bits per heavy atom. The van der Waals surface area contributed by atoms with Crippen LogP contribution in [-0.4, -0.2) is 45.8 Å². The Balaban J connectivity index is 1.68. The fraction of sp³-hybridized carbons (Fsp3) is 1.00. The molecule has 4 heteroatoms. The number of aliphatic hydroxyl groups excluding tert-OH is 4. The molecule has 0 unspecified atom stereocenters. The van der Waals surface area contributed by atoms with Gasteiger partial charge in [-0.1, -0.05) is 0 Å². The molecule has 0 saturated heterocycles. The van der Waals surface area contributed by atoms with Crippen LogP contribution in [0.2, 0.25) is 0 Å². The van der Waals surface area contributed by atoms with E-state index in [-0.39, 0.29) is 25.0 Å². The van der Waals surface area contributed by atoms with Gasteiger partial charge in [0.1, 0.15) is 0 Å². The summed E-state index contributed by atoms with van der Waals surface area (Å²) in [5, 5.41) is 38.8. The molecule has 0 radical (unpaired) electrons. The predicted octanol–water partition coefficient (Wildman–Crippen LogP) is 0.771. The van der Waals surface area contributed by atoms with E-state index >= 15 is 0 Å². The fourth-order valence-electron chi connectivity index (χ4n) is 5.25. The molecule has 4 N–H and O–H groups in total. The molecule has 20 heavy (non-hydrogen) atoms. The molecule has 3 rings (SSSR count). The van der Waals surface area contributed by atoms with Gasteiger partial charge in [0, 0.05) is 13.2 Å². The zero-order chi connectivity index (χ0) is 14.3. The van der Waals surface area contributed by atoms with Gasteiger partial charge in [0.2, 0.25) is 0 Å². The minimum atomic E-state index is -0.546. The second-order valence-corrected chi connectivity index (χ2v) is 7.47. The molecule has 0 heterocycles. The lowest BCUT2D eigenvalue weighted by molar-refractivity contribution is -0.0871. The van der Waals surface area contributed by atoms with Crippen LogP contribution in [0.25, 0.3) is 0 Å². The third-order valence-corrected chi connectivity index (χ3v) is 6.42. The van der Waals surface area contributed by atoms with Gasteiger partial charge < -0.3 is 20.4 Å². The Kier molecular flexibility index (Phi) is 4.37. The topological polar surface area (TPSA) is 80.9 Å². The van der Waals surface area contributed by atoms with Gasteiger partial charge in [-0.15, -0.1) is 0 Å². The minimum absolute atomic E-state index is 0.184. The van der Waals surface area contributed by atoms with Crippen molar-refractivity contribution in [3.8, 4) is 0 Å². The third-order valence-electron chi connectivity index (χ3n) is 6.42. The highest BCUT2D eigenvalue weighted by Crippen LogP contribution is 2.52. The van der Waals surface area contributed by atoms with Crippen molar-refractivity contribution in [3.63, 3.8) is 0 Å². The fourth-order valence-corrected chi connectivity index (χ4v) is 5.25. The van der Waals surface area contributed by atoms with E-state index < -0.39 is 12.2 Å². The van der Waals surface area contributed by atoms with Crippen LogP contribution in [-0.2, 0) is 0 Å². The first kappa shape index (κ1) is 14.8. The summed E-state index contributed by atoms with van der Waals surface area (Å²) in [6.07, 6.45) is 4.69. The van der Waals surface area contributed by atoms with Crippen LogP contribution in [0.5, 0.6) is 0 Å². The van der Waals surface area contributed by atoms with E-state index in [0.717, 1.165) is 38.5 Å². The SMILES string of the molecule is OC[C@@H]1C[C@@H]2C[C@H]3C[C@@H](O)[C@H](O)C[C@H]3C[C@@H]2C[C@H]1CO. The average Bonchev–Trinajstić information content (AvgIpc) is 2.45. The molecule has 0 aromatic carbocycles. The number of hydrogen-bond donors (Lipinski definition) is 4. The van der Waals surface area contributed by atoms with E-state index in [4.69, 9.17) is 0 Å². The zero-order valence-electron chi connectivity index (χ0n) is 12.1. The first-order valence-electron chi connectivity index (χ1n) is 8.20. The van der Waals surface area contributed by atoms with E-state index in [1.807, 2.05) is 0 Å². The lowest BCUT2D eigenvalue weighted by Gasteiger charge is -2.50. The smallest absolute Gasteiger partial charge is 0.0802 e. The quantitative estimate of drug-likeness (QED) is 0.604. The van der Waals surface area contributed by atoms with Gasteiger partial charge in [-0.3, -0.25) is 0 Å². The largest absolute Gasteiger partial charge is 0.396 e. The highest BCUT2D eigenvalue weighted by Gasteiger charge is 2.46. The second kappa shape index (κ2) is 5.91. The molecular formula is C16H28O4. The van der Waals surface area contributed by atoms with Crippen molar-refractivity contribution >= 4 is 0 Å². The van der Waals surface area contributed by atoms with Crippen molar-refractivity contribution in [1.82, 2.24) is 0 Å².